The van der Waals surface area contributed by atoms with Crippen molar-refractivity contribution in [1.29, 1.82) is 0 Å². The number of aromatic nitrogens is 2. The Kier molecular flexibility index (Phi) is 6.63. The van der Waals surface area contributed by atoms with Crippen LogP contribution in [0.25, 0.3) is 11.3 Å². The molecule has 0 saturated carbocycles. The number of halogens is 1. The Labute approximate surface area is 219 Å². The van der Waals surface area contributed by atoms with Gasteiger partial charge in [0.05, 0.1) is 13.2 Å². The molecule has 1 atom stereocenters. The number of ether oxygens (including phenoxy) is 2. The minimum Gasteiger partial charge on any atom is -0.507 e. The molecule has 0 fully saturated rings. The highest BCUT2D eigenvalue weighted by Crippen LogP contribution is 2.46. The van der Waals surface area contributed by atoms with Gasteiger partial charge >= 0.3 is 0 Å². The molecule has 0 bridgehead atoms. The molecule has 5 rings (SSSR count). The van der Waals surface area contributed by atoms with Gasteiger partial charge in [0.15, 0.2) is 11.5 Å². The zero-order valence-corrected chi connectivity index (χ0v) is 21.2. The first kappa shape index (κ1) is 24.5. The average molecular weight is 516 g/mol. The molecule has 0 aliphatic carbocycles. The fourth-order valence-corrected chi connectivity index (χ4v) is 4.80. The van der Waals surface area contributed by atoms with Crippen LogP contribution in [0.5, 0.6) is 17.2 Å². The van der Waals surface area contributed by atoms with Crippen LogP contribution in [-0.4, -0.2) is 39.8 Å². The topological polar surface area (TPSA) is 87.7 Å². The molecule has 7 nitrogen and oxygen atoms in total. The van der Waals surface area contributed by atoms with Crippen LogP contribution in [0.1, 0.15) is 38.8 Å². The zero-order valence-electron chi connectivity index (χ0n) is 20.5. The summed E-state index contributed by atoms with van der Waals surface area (Å²) in [6, 6.07) is 18.2. The second-order valence-corrected chi connectivity index (χ2v) is 9.22. The van der Waals surface area contributed by atoms with Crippen LogP contribution in [0.4, 0.5) is 0 Å². The van der Waals surface area contributed by atoms with Crippen molar-refractivity contribution in [1.82, 2.24) is 15.1 Å². The molecule has 4 aromatic rings. The average Bonchev–Trinajstić information content (AvgIpc) is 3.44. The number of phenolic OH excluding ortho intramolecular Hbond substituents is 1. The lowest BCUT2D eigenvalue weighted by Crippen LogP contribution is -2.29. The summed E-state index contributed by atoms with van der Waals surface area (Å²) >= 11 is 6.37. The summed E-state index contributed by atoms with van der Waals surface area (Å²) < 4.78 is 11.7. The number of methoxy groups -OCH3 is 1. The predicted molar refractivity (Wildman–Crippen MR) is 142 cm³/mol. The van der Waals surface area contributed by atoms with Gasteiger partial charge in [-0.1, -0.05) is 54.1 Å². The number of carbonyl (C=O) groups is 1. The lowest BCUT2D eigenvalue weighted by Gasteiger charge is -2.26. The Hall–Kier alpha value is -4.23. The van der Waals surface area contributed by atoms with E-state index in [4.69, 9.17) is 21.1 Å². The lowest BCUT2D eigenvalue weighted by molar-refractivity contribution is 0.0764. The number of hydrogen-bond donors (Lipinski definition) is 2. The Morgan fingerprint density at radius 2 is 1.95 bits per heavy atom. The molecule has 1 aromatic heterocycles. The SMILES string of the molecule is C=CCN1C(=O)c2[nH]nc(-c3cc(Cl)c(C)cc3O)c2C1c1ccc(OCc2ccccc2)c(OC)c1. The molecule has 0 radical (unpaired) electrons. The van der Waals surface area contributed by atoms with E-state index in [0.717, 1.165) is 16.7 Å². The van der Waals surface area contributed by atoms with Crippen molar-refractivity contribution >= 4 is 17.5 Å². The number of aryl methyl sites for hydroxylation is 1. The molecule has 1 amide bonds. The van der Waals surface area contributed by atoms with Crippen molar-refractivity contribution < 1.29 is 19.4 Å². The second kappa shape index (κ2) is 10.0. The van der Waals surface area contributed by atoms with Crippen molar-refractivity contribution in [2.45, 2.75) is 19.6 Å². The van der Waals surface area contributed by atoms with Crippen LogP contribution in [0.15, 0.2) is 73.3 Å². The number of rotatable bonds is 8. The molecular formula is C29H26ClN3O4. The Morgan fingerprint density at radius 3 is 2.68 bits per heavy atom. The van der Waals surface area contributed by atoms with Gasteiger partial charge in [0, 0.05) is 22.7 Å². The van der Waals surface area contributed by atoms with Crippen molar-refractivity contribution in [3.63, 3.8) is 0 Å². The molecule has 3 aromatic carbocycles. The molecular weight excluding hydrogens is 490 g/mol. The summed E-state index contributed by atoms with van der Waals surface area (Å²) in [5.41, 5.74) is 4.51. The van der Waals surface area contributed by atoms with E-state index in [1.807, 2.05) is 55.5 Å². The van der Waals surface area contributed by atoms with Crippen molar-refractivity contribution in [3.05, 3.63) is 106 Å². The Bertz CT molecular complexity index is 1480. The second-order valence-electron chi connectivity index (χ2n) is 8.81. The van der Waals surface area contributed by atoms with E-state index in [-0.39, 0.29) is 11.7 Å². The molecule has 2 N–H and O–H groups in total. The number of carbonyl (C=O) groups excluding carboxylic acids is 1. The van der Waals surface area contributed by atoms with E-state index in [1.165, 1.54) is 0 Å². The van der Waals surface area contributed by atoms with E-state index in [1.54, 1.807) is 30.2 Å². The van der Waals surface area contributed by atoms with Crippen LogP contribution in [0, 0.1) is 6.92 Å². The van der Waals surface area contributed by atoms with E-state index in [9.17, 15) is 9.90 Å². The molecule has 2 heterocycles. The fourth-order valence-electron chi connectivity index (χ4n) is 4.64. The van der Waals surface area contributed by atoms with Crippen molar-refractivity contribution in [3.8, 4) is 28.5 Å². The van der Waals surface area contributed by atoms with Gasteiger partial charge in [0.2, 0.25) is 0 Å². The molecule has 1 aliphatic rings. The zero-order chi connectivity index (χ0) is 26.1. The largest absolute Gasteiger partial charge is 0.507 e. The molecule has 1 unspecified atom stereocenters. The van der Waals surface area contributed by atoms with Crippen molar-refractivity contribution in [2.75, 3.05) is 13.7 Å². The smallest absolute Gasteiger partial charge is 0.273 e. The summed E-state index contributed by atoms with van der Waals surface area (Å²) in [4.78, 5) is 15.1. The number of phenols is 1. The van der Waals surface area contributed by atoms with Crippen LogP contribution < -0.4 is 9.47 Å². The molecule has 1 aliphatic heterocycles. The lowest BCUT2D eigenvalue weighted by atomic mass is 9.95. The van der Waals surface area contributed by atoms with E-state index < -0.39 is 6.04 Å². The number of amides is 1. The maximum atomic E-state index is 13.4. The van der Waals surface area contributed by atoms with Gasteiger partial charge < -0.3 is 19.5 Å². The number of H-pyrrole nitrogens is 1. The van der Waals surface area contributed by atoms with Gasteiger partial charge in [-0.15, -0.1) is 6.58 Å². The van der Waals surface area contributed by atoms with Crippen molar-refractivity contribution in [2.24, 2.45) is 0 Å². The Morgan fingerprint density at radius 1 is 1.16 bits per heavy atom. The monoisotopic (exact) mass is 515 g/mol. The van der Waals surface area contributed by atoms with Crippen LogP contribution in [0.2, 0.25) is 5.02 Å². The van der Waals surface area contributed by atoms with Crippen LogP contribution in [-0.2, 0) is 6.61 Å². The standard InChI is InChI=1S/C29H26ClN3O4/c1-4-12-33-28(19-10-11-23(24(14-19)36-3)37-16-18-8-6-5-7-9-18)25-26(31-32-27(25)29(33)35)20-15-21(30)17(2)13-22(20)34/h4-11,13-15,28,34H,1,12,16H2,2-3H3,(H,31,32). The number of fused-ring (bicyclic) bond motifs is 1. The third kappa shape index (κ3) is 4.42. The highest BCUT2D eigenvalue weighted by molar-refractivity contribution is 6.31. The van der Waals surface area contributed by atoms with Gasteiger partial charge in [-0.05, 0) is 47.9 Å². The highest BCUT2D eigenvalue weighted by Gasteiger charge is 2.42. The number of hydrogen-bond acceptors (Lipinski definition) is 5. The van der Waals surface area contributed by atoms with Crippen LogP contribution in [0.3, 0.4) is 0 Å². The summed E-state index contributed by atoms with van der Waals surface area (Å²) in [7, 11) is 1.58. The first-order valence-corrected chi connectivity index (χ1v) is 12.1. The van der Waals surface area contributed by atoms with Gasteiger partial charge in [-0.2, -0.15) is 5.10 Å². The maximum Gasteiger partial charge on any atom is 0.273 e. The Balaban J connectivity index is 1.57. The minimum atomic E-state index is -0.495. The third-order valence-electron chi connectivity index (χ3n) is 6.46. The molecule has 37 heavy (non-hydrogen) atoms. The third-order valence-corrected chi connectivity index (χ3v) is 6.87. The van der Waals surface area contributed by atoms with Gasteiger partial charge in [-0.25, -0.2) is 0 Å². The maximum absolute atomic E-state index is 13.4. The van der Waals surface area contributed by atoms with E-state index >= 15 is 0 Å². The summed E-state index contributed by atoms with van der Waals surface area (Å²) in [6.45, 7) is 6.35. The number of nitrogens with one attached hydrogen (secondary N) is 1. The van der Waals surface area contributed by atoms with Gasteiger partial charge in [0.1, 0.15) is 23.7 Å². The molecule has 8 heteroatoms. The minimum absolute atomic E-state index is 0.0341. The van der Waals surface area contributed by atoms with E-state index in [0.29, 0.717) is 52.2 Å². The normalized spacial score (nSPS) is 14.5. The number of aromatic amines is 1. The predicted octanol–water partition coefficient (Wildman–Crippen LogP) is 6.06. The number of aromatic hydroxyl groups is 1. The first-order chi connectivity index (χ1) is 17.9. The quantitative estimate of drug-likeness (QED) is 0.278. The molecule has 188 valence electrons. The first-order valence-electron chi connectivity index (χ1n) is 11.8. The van der Waals surface area contributed by atoms with Gasteiger partial charge in [-0.3, -0.25) is 9.89 Å². The van der Waals surface area contributed by atoms with E-state index in [2.05, 4.69) is 16.8 Å². The fraction of sp³-hybridized carbons (Fsp3) is 0.172. The van der Waals surface area contributed by atoms with Crippen LogP contribution >= 0.6 is 11.6 Å². The highest BCUT2D eigenvalue weighted by atomic mass is 35.5. The molecule has 0 saturated heterocycles. The summed E-state index contributed by atoms with van der Waals surface area (Å²) in [6.07, 6.45) is 1.68. The summed E-state index contributed by atoms with van der Waals surface area (Å²) in [5.74, 6) is 0.955. The van der Waals surface area contributed by atoms with Gasteiger partial charge in [0.25, 0.3) is 5.91 Å². The number of nitrogens with zero attached hydrogens (tertiary/aromatic N) is 2. The molecule has 0 spiro atoms. The number of benzene rings is 3. The summed E-state index contributed by atoms with van der Waals surface area (Å²) in [5, 5.41) is 18.5.